The summed E-state index contributed by atoms with van der Waals surface area (Å²) in [4.78, 5) is 33.0. The van der Waals surface area contributed by atoms with Crippen molar-refractivity contribution in [2.75, 3.05) is 6.61 Å². The minimum absolute atomic E-state index is 0.113. The lowest BCUT2D eigenvalue weighted by Gasteiger charge is -2.13. The van der Waals surface area contributed by atoms with E-state index in [9.17, 15) is 19.3 Å². The average molecular weight is 291 g/mol. The predicted molar refractivity (Wildman–Crippen MR) is 61.6 cm³/mol. The SMILES string of the molecule is O=c1ccn(C2CC(O)C(CO[P+](=O)O)O2)c(=O)[nH]1. The lowest BCUT2D eigenvalue weighted by atomic mass is 10.2. The molecule has 1 aromatic rings. The van der Waals surface area contributed by atoms with Crippen LogP contribution in [0.3, 0.4) is 0 Å². The van der Waals surface area contributed by atoms with Crippen LogP contribution in [-0.2, 0) is 13.8 Å². The molecular weight excluding hydrogens is 279 g/mol. The summed E-state index contributed by atoms with van der Waals surface area (Å²) >= 11 is 0. The predicted octanol–water partition coefficient (Wildman–Crippen LogP) is -1.15. The minimum atomic E-state index is -2.77. The van der Waals surface area contributed by atoms with E-state index in [0.717, 1.165) is 10.6 Å². The monoisotopic (exact) mass is 291 g/mol. The molecule has 0 aromatic carbocycles. The number of aromatic amines is 1. The lowest BCUT2D eigenvalue weighted by molar-refractivity contribution is -0.0412. The zero-order valence-corrected chi connectivity index (χ0v) is 10.5. The second-order valence-corrected chi connectivity index (χ2v) is 4.72. The van der Waals surface area contributed by atoms with E-state index >= 15 is 0 Å². The molecule has 1 aliphatic rings. The Labute approximate surface area is 107 Å². The molecule has 4 atom stereocenters. The van der Waals surface area contributed by atoms with Gasteiger partial charge in [0, 0.05) is 23.2 Å². The zero-order chi connectivity index (χ0) is 14.0. The molecule has 1 aliphatic heterocycles. The van der Waals surface area contributed by atoms with Gasteiger partial charge in [-0.25, -0.2) is 4.79 Å². The molecule has 2 rings (SSSR count). The van der Waals surface area contributed by atoms with Gasteiger partial charge in [-0.15, -0.1) is 9.42 Å². The molecule has 3 N–H and O–H groups in total. The van der Waals surface area contributed by atoms with Crippen molar-refractivity contribution in [1.82, 2.24) is 9.55 Å². The van der Waals surface area contributed by atoms with E-state index < -0.39 is 37.9 Å². The van der Waals surface area contributed by atoms with Gasteiger partial charge in [-0.3, -0.25) is 14.3 Å². The van der Waals surface area contributed by atoms with Crippen molar-refractivity contribution >= 4 is 8.25 Å². The second kappa shape index (κ2) is 5.72. The summed E-state index contributed by atoms with van der Waals surface area (Å²) in [6, 6.07) is 1.16. The number of nitrogens with zero attached hydrogens (tertiary/aromatic N) is 1. The number of ether oxygens (including phenoxy) is 1. The van der Waals surface area contributed by atoms with Crippen LogP contribution in [0.15, 0.2) is 21.9 Å². The summed E-state index contributed by atoms with van der Waals surface area (Å²) in [5.74, 6) is 0. The van der Waals surface area contributed by atoms with Gasteiger partial charge in [0.25, 0.3) is 5.56 Å². The largest absolute Gasteiger partial charge is 0.694 e. The topological polar surface area (TPSA) is 131 Å². The highest BCUT2D eigenvalue weighted by Crippen LogP contribution is 2.29. The van der Waals surface area contributed by atoms with Crippen LogP contribution in [0.1, 0.15) is 12.6 Å². The standard InChI is InChI=1S/C9H11N2O7P/c12-5-3-8(18-6(5)4-17-19(15)16)11-2-1-7(13)10-9(11)14/h1-2,5-6,8,12H,3-4H2,(H-,10,13,14,15,16)/p+1. The maximum atomic E-state index is 11.5. The first-order chi connectivity index (χ1) is 8.97. The number of nitrogens with one attached hydrogen (secondary N) is 1. The van der Waals surface area contributed by atoms with Gasteiger partial charge in [0.2, 0.25) is 0 Å². The fourth-order valence-electron chi connectivity index (χ4n) is 1.83. The third-order valence-corrected chi connectivity index (χ3v) is 3.08. The quantitative estimate of drug-likeness (QED) is 0.597. The van der Waals surface area contributed by atoms with Crippen LogP contribution in [0, 0.1) is 0 Å². The Morgan fingerprint density at radius 3 is 2.95 bits per heavy atom. The van der Waals surface area contributed by atoms with E-state index in [2.05, 4.69) is 9.51 Å². The Morgan fingerprint density at radius 1 is 1.58 bits per heavy atom. The average Bonchev–Trinajstić information content (AvgIpc) is 2.67. The molecule has 0 amide bonds. The Kier molecular flexibility index (Phi) is 4.23. The van der Waals surface area contributed by atoms with Crippen LogP contribution in [0.25, 0.3) is 0 Å². The van der Waals surface area contributed by atoms with E-state index in [1.807, 2.05) is 0 Å². The fourth-order valence-corrected chi connectivity index (χ4v) is 2.10. The number of H-pyrrole nitrogens is 1. The number of hydrogen-bond donors (Lipinski definition) is 3. The van der Waals surface area contributed by atoms with Gasteiger partial charge in [-0.2, -0.15) is 0 Å². The highest BCUT2D eigenvalue weighted by molar-refractivity contribution is 7.32. The molecule has 104 valence electrons. The molecule has 4 unspecified atom stereocenters. The molecule has 0 radical (unpaired) electrons. The number of aromatic nitrogens is 2. The van der Waals surface area contributed by atoms with Crippen LogP contribution < -0.4 is 11.2 Å². The molecule has 10 heteroatoms. The van der Waals surface area contributed by atoms with Crippen molar-refractivity contribution in [3.05, 3.63) is 33.1 Å². The van der Waals surface area contributed by atoms with Crippen LogP contribution in [0.4, 0.5) is 0 Å². The summed E-state index contributed by atoms with van der Waals surface area (Å²) in [7, 11) is -2.77. The number of aliphatic hydroxyl groups excluding tert-OH is 1. The molecular formula is C9H12N2O7P+. The molecule has 19 heavy (non-hydrogen) atoms. The molecule has 9 nitrogen and oxygen atoms in total. The minimum Gasteiger partial charge on any atom is -0.390 e. The molecule has 2 heterocycles. The Hall–Kier alpha value is -1.38. The number of rotatable bonds is 4. The van der Waals surface area contributed by atoms with Gasteiger partial charge in [-0.1, -0.05) is 0 Å². The highest BCUT2D eigenvalue weighted by atomic mass is 31.1. The van der Waals surface area contributed by atoms with Gasteiger partial charge in [0.1, 0.15) is 18.9 Å². The van der Waals surface area contributed by atoms with Crippen molar-refractivity contribution in [2.24, 2.45) is 0 Å². The van der Waals surface area contributed by atoms with Crippen molar-refractivity contribution in [1.29, 1.82) is 0 Å². The van der Waals surface area contributed by atoms with E-state index in [-0.39, 0.29) is 13.0 Å². The van der Waals surface area contributed by atoms with Crippen molar-refractivity contribution in [3.8, 4) is 0 Å². The Balaban J connectivity index is 2.09. The summed E-state index contributed by atoms with van der Waals surface area (Å²) in [5, 5.41) is 9.71. The molecule has 0 spiro atoms. The first-order valence-electron chi connectivity index (χ1n) is 5.41. The molecule has 1 saturated heterocycles. The van der Waals surface area contributed by atoms with Gasteiger partial charge >= 0.3 is 13.9 Å². The Morgan fingerprint density at radius 2 is 2.32 bits per heavy atom. The molecule has 0 saturated carbocycles. The van der Waals surface area contributed by atoms with Crippen LogP contribution >= 0.6 is 8.25 Å². The molecule has 0 aliphatic carbocycles. The van der Waals surface area contributed by atoms with Crippen molar-refractivity contribution in [2.45, 2.75) is 24.9 Å². The third kappa shape index (κ3) is 3.34. The first kappa shape index (κ1) is 14.0. The smallest absolute Gasteiger partial charge is 0.390 e. The van der Waals surface area contributed by atoms with E-state index in [4.69, 9.17) is 9.63 Å². The van der Waals surface area contributed by atoms with Crippen molar-refractivity contribution in [3.63, 3.8) is 0 Å². The van der Waals surface area contributed by atoms with E-state index in [1.54, 1.807) is 0 Å². The summed E-state index contributed by atoms with van der Waals surface area (Å²) in [6.07, 6.45) is -1.13. The zero-order valence-electron chi connectivity index (χ0n) is 9.63. The highest BCUT2D eigenvalue weighted by Gasteiger charge is 2.37. The maximum absolute atomic E-state index is 11.5. The first-order valence-corrected chi connectivity index (χ1v) is 6.54. The van der Waals surface area contributed by atoms with E-state index in [0.29, 0.717) is 0 Å². The van der Waals surface area contributed by atoms with Crippen LogP contribution in [0.5, 0.6) is 0 Å². The molecule has 1 aromatic heterocycles. The Bertz CT molecular complexity index is 582. The fraction of sp³-hybridized carbons (Fsp3) is 0.556. The van der Waals surface area contributed by atoms with Crippen LogP contribution in [-0.4, -0.2) is 38.4 Å². The number of hydrogen-bond acceptors (Lipinski definition) is 6. The normalized spacial score (nSPS) is 27.5. The molecule has 1 fully saturated rings. The van der Waals surface area contributed by atoms with E-state index in [1.165, 1.54) is 6.20 Å². The third-order valence-electron chi connectivity index (χ3n) is 2.71. The van der Waals surface area contributed by atoms with Gasteiger partial charge < -0.3 is 9.84 Å². The lowest BCUT2D eigenvalue weighted by Crippen LogP contribution is -2.31. The summed E-state index contributed by atoms with van der Waals surface area (Å²) in [6.45, 7) is -0.262. The molecule has 0 bridgehead atoms. The van der Waals surface area contributed by atoms with Gasteiger partial charge in [0.15, 0.2) is 0 Å². The summed E-state index contributed by atoms with van der Waals surface area (Å²) < 4.78 is 21.3. The second-order valence-electron chi connectivity index (χ2n) is 3.98. The maximum Gasteiger partial charge on any atom is 0.694 e. The van der Waals surface area contributed by atoms with Crippen molar-refractivity contribution < 1.29 is 23.8 Å². The van der Waals surface area contributed by atoms with Gasteiger partial charge in [-0.05, 0) is 0 Å². The number of aliphatic hydroxyl groups is 1. The van der Waals surface area contributed by atoms with Gasteiger partial charge in [0.05, 0.1) is 6.10 Å². The van der Waals surface area contributed by atoms with Crippen LogP contribution in [0.2, 0.25) is 0 Å². The summed E-state index contributed by atoms with van der Waals surface area (Å²) in [5.41, 5.74) is -1.18.